The van der Waals surface area contributed by atoms with E-state index in [2.05, 4.69) is 10.3 Å². The number of nitrogens with one attached hydrogen (secondary N) is 1. The summed E-state index contributed by atoms with van der Waals surface area (Å²) in [5.74, 6) is -0.700. The highest BCUT2D eigenvalue weighted by atomic mass is 19.4. The number of hydrogen-bond donors (Lipinski definition) is 2. The van der Waals surface area contributed by atoms with Gasteiger partial charge in [-0.25, -0.2) is 4.39 Å². The highest BCUT2D eigenvalue weighted by Crippen LogP contribution is 2.31. The van der Waals surface area contributed by atoms with Gasteiger partial charge in [0.2, 0.25) is 0 Å². The molecule has 0 fully saturated rings. The SMILES string of the molecule is CC(C)CN=C(N)Nc1cc(C(F)(F)F)ccc1F. The van der Waals surface area contributed by atoms with E-state index in [9.17, 15) is 17.6 Å². The summed E-state index contributed by atoms with van der Waals surface area (Å²) in [5.41, 5.74) is 4.17. The molecule has 1 aromatic carbocycles. The van der Waals surface area contributed by atoms with Crippen LogP contribution in [0.4, 0.5) is 23.2 Å². The Morgan fingerprint density at radius 3 is 2.53 bits per heavy atom. The summed E-state index contributed by atoms with van der Waals surface area (Å²) < 4.78 is 50.8. The summed E-state index contributed by atoms with van der Waals surface area (Å²) >= 11 is 0. The van der Waals surface area contributed by atoms with E-state index in [4.69, 9.17) is 5.73 Å². The Morgan fingerprint density at radius 2 is 2.00 bits per heavy atom. The number of halogens is 4. The van der Waals surface area contributed by atoms with Gasteiger partial charge in [0.1, 0.15) is 5.82 Å². The zero-order valence-corrected chi connectivity index (χ0v) is 10.6. The number of nitrogens with zero attached hydrogens (tertiary/aromatic N) is 1. The molecule has 1 aromatic rings. The topological polar surface area (TPSA) is 50.4 Å². The van der Waals surface area contributed by atoms with Crippen LogP contribution in [0, 0.1) is 11.7 Å². The van der Waals surface area contributed by atoms with Gasteiger partial charge in [-0.05, 0) is 24.1 Å². The molecule has 3 nitrogen and oxygen atoms in total. The third kappa shape index (κ3) is 4.76. The predicted octanol–water partition coefficient (Wildman–Crippen LogP) is 3.23. The third-order valence-electron chi connectivity index (χ3n) is 2.18. The molecule has 0 heterocycles. The Balaban J connectivity index is 2.92. The first-order valence-electron chi connectivity index (χ1n) is 5.64. The van der Waals surface area contributed by atoms with Crippen molar-refractivity contribution in [2.45, 2.75) is 20.0 Å². The van der Waals surface area contributed by atoms with Gasteiger partial charge in [-0.1, -0.05) is 13.8 Å². The molecule has 0 bridgehead atoms. The van der Waals surface area contributed by atoms with E-state index in [1.54, 1.807) is 0 Å². The lowest BCUT2D eigenvalue weighted by Gasteiger charge is -2.11. The summed E-state index contributed by atoms with van der Waals surface area (Å²) in [5, 5.41) is 2.33. The first-order valence-corrected chi connectivity index (χ1v) is 5.64. The first kappa shape index (κ1) is 15.3. The van der Waals surface area contributed by atoms with Crippen LogP contribution in [-0.4, -0.2) is 12.5 Å². The highest BCUT2D eigenvalue weighted by Gasteiger charge is 2.31. The summed E-state index contributed by atoms with van der Waals surface area (Å²) in [6, 6.07) is 2.07. The fourth-order valence-electron chi connectivity index (χ4n) is 1.26. The number of guanidine groups is 1. The minimum absolute atomic E-state index is 0.119. The Labute approximate surface area is 108 Å². The number of anilines is 1. The van der Waals surface area contributed by atoms with Crippen molar-refractivity contribution >= 4 is 11.6 Å². The molecule has 0 saturated carbocycles. The van der Waals surface area contributed by atoms with Crippen molar-refractivity contribution in [3.05, 3.63) is 29.6 Å². The minimum atomic E-state index is -4.53. The minimum Gasteiger partial charge on any atom is -0.370 e. The van der Waals surface area contributed by atoms with E-state index >= 15 is 0 Å². The van der Waals surface area contributed by atoms with Gasteiger partial charge >= 0.3 is 6.18 Å². The van der Waals surface area contributed by atoms with Crippen LogP contribution in [-0.2, 0) is 6.18 Å². The van der Waals surface area contributed by atoms with Gasteiger partial charge in [0.15, 0.2) is 5.96 Å². The lowest BCUT2D eigenvalue weighted by atomic mass is 10.2. The molecule has 106 valence electrons. The van der Waals surface area contributed by atoms with E-state index in [1.807, 2.05) is 13.8 Å². The van der Waals surface area contributed by atoms with Crippen molar-refractivity contribution < 1.29 is 17.6 Å². The van der Waals surface area contributed by atoms with E-state index in [0.29, 0.717) is 18.7 Å². The normalized spacial score (nSPS) is 12.9. The number of rotatable bonds is 3. The van der Waals surface area contributed by atoms with Gasteiger partial charge in [0.25, 0.3) is 0 Å². The highest BCUT2D eigenvalue weighted by molar-refractivity contribution is 5.92. The lowest BCUT2D eigenvalue weighted by molar-refractivity contribution is -0.137. The summed E-state index contributed by atoms with van der Waals surface area (Å²) in [6.45, 7) is 4.21. The molecule has 0 saturated heterocycles. The van der Waals surface area contributed by atoms with Crippen molar-refractivity contribution in [1.82, 2.24) is 0 Å². The maximum absolute atomic E-state index is 13.4. The molecular formula is C12H15F4N3. The predicted molar refractivity (Wildman–Crippen MR) is 66.4 cm³/mol. The molecule has 0 amide bonds. The molecule has 0 aliphatic carbocycles. The summed E-state index contributed by atoms with van der Waals surface area (Å²) in [4.78, 5) is 3.89. The van der Waals surface area contributed by atoms with Crippen molar-refractivity contribution in [3.8, 4) is 0 Å². The first-order chi connectivity index (χ1) is 8.70. The second kappa shape index (κ2) is 5.90. The van der Waals surface area contributed by atoms with E-state index in [-0.39, 0.29) is 17.6 Å². The number of aliphatic imine (C=N–C) groups is 1. The van der Waals surface area contributed by atoms with E-state index in [1.165, 1.54) is 0 Å². The fourth-order valence-corrected chi connectivity index (χ4v) is 1.26. The molecule has 0 spiro atoms. The van der Waals surface area contributed by atoms with E-state index in [0.717, 1.165) is 6.07 Å². The van der Waals surface area contributed by atoms with Gasteiger partial charge in [-0.15, -0.1) is 0 Å². The molecule has 3 N–H and O–H groups in total. The molecule has 0 radical (unpaired) electrons. The van der Waals surface area contributed by atoms with Crippen LogP contribution in [0.5, 0.6) is 0 Å². The number of alkyl halides is 3. The van der Waals surface area contributed by atoms with Crippen LogP contribution in [0.15, 0.2) is 23.2 Å². The van der Waals surface area contributed by atoms with Gasteiger partial charge < -0.3 is 11.1 Å². The molecule has 0 unspecified atom stereocenters. The average molecular weight is 277 g/mol. The third-order valence-corrected chi connectivity index (χ3v) is 2.18. The zero-order chi connectivity index (χ0) is 14.6. The van der Waals surface area contributed by atoms with Crippen LogP contribution < -0.4 is 11.1 Å². The number of benzene rings is 1. The van der Waals surface area contributed by atoms with E-state index < -0.39 is 17.6 Å². The fraction of sp³-hybridized carbons (Fsp3) is 0.417. The smallest absolute Gasteiger partial charge is 0.370 e. The maximum atomic E-state index is 13.4. The average Bonchev–Trinajstić information content (AvgIpc) is 2.28. The van der Waals surface area contributed by atoms with Crippen LogP contribution in [0.1, 0.15) is 19.4 Å². The monoisotopic (exact) mass is 277 g/mol. The number of hydrogen-bond acceptors (Lipinski definition) is 1. The summed E-state index contributed by atoms with van der Waals surface area (Å²) in [6.07, 6.45) is -4.53. The maximum Gasteiger partial charge on any atom is 0.416 e. The van der Waals surface area contributed by atoms with Crippen molar-refractivity contribution in [3.63, 3.8) is 0 Å². The molecule has 19 heavy (non-hydrogen) atoms. The molecule has 1 rings (SSSR count). The standard InChI is InChI=1S/C12H15F4N3/c1-7(2)6-18-11(17)19-10-5-8(12(14,15)16)3-4-9(10)13/h3-5,7H,6H2,1-2H3,(H3,17,18,19). The van der Waals surface area contributed by atoms with Crippen molar-refractivity contribution in [2.24, 2.45) is 16.6 Å². The van der Waals surface area contributed by atoms with Gasteiger partial charge in [-0.2, -0.15) is 13.2 Å². The van der Waals surface area contributed by atoms with Crippen LogP contribution in [0.3, 0.4) is 0 Å². The lowest BCUT2D eigenvalue weighted by Crippen LogP contribution is -2.24. The molecule has 0 aliphatic rings. The molecular weight excluding hydrogens is 262 g/mol. The second-order valence-electron chi connectivity index (χ2n) is 4.44. The van der Waals surface area contributed by atoms with Crippen LogP contribution in [0.2, 0.25) is 0 Å². The van der Waals surface area contributed by atoms with Crippen LogP contribution >= 0.6 is 0 Å². The number of nitrogens with two attached hydrogens (primary N) is 1. The molecule has 0 aliphatic heterocycles. The summed E-state index contributed by atoms with van der Waals surface area (Å²) in [7, 11) is 0. The quantitative estimate of drug-likeness (QED) is 0.506. The Kier molecular flexibility index (Phi) is 4.74. The zero-order valence-electron chi connectivity index (χ0n) is 10.6. The van der Waals surface area contributed by atoms with Crippen molar-refractivity contribution in [1.29, 1.82) is 0 Å². The van der Waals surface area contributed by atoms with Gasteiger partial charge in [0.05, 0.1) is 11.3 Å². The van der Waals surface area contributed by atoms with Gasteiger partial charge in [-0.3, -0.25) is 4.99 Å². The molecule has 7 heteroatoms. The Bertz CT molecular complexity index is 467. The van der Waals surface area contributed by atoms with Crippen LogP contribution in [0.25, 0.3) is 0 Å². The molecule has 0 atom stereocenters. The van der Waals surface area contributed by atoms with Crippen molar-refractivity contribution in [2.75, 3.05) is 11.9 Å². The second-order valence-corrected chi connectivity index (χ2v) is 4.44. The van der Waals surface area contributed by atoms with Gasteiger partial charge in [0, 0.05) is 6.54 Å². The Hall–Kier alpha value is -1.79. The largest absolute Gasteiger partial charge is 0.416 e. The Morgan fingerprint density at radius 1 is 1.37 bits per heavy atom. The molecule has 0 aromatic heterocycles.